The molecule has 0 fully saturated rings. The molecule has 1 aromatic rings. The number of nitrogens with one attached hydrogen (secondary N) is 2. The zero-order chi connectivity index (χ0) is 18.3. The van der Waals surface area contributed by atoms with E-state index in [1.165, 1.54) is 7.11 Å². The molecular weight excluding hydrogens is 356 g/mol. The van der Waals surface area contributed by atoms with Crippen LogP contribution in [0.3, 0.4) is 0 Å². The zero-order valence-corrected chi connectivity index (χ0v) is 15.2. The average Bonchev–Trinajstić information content (AvgIpc) is 2.57. The molecular formula is C16H24ClF2N3O3. The molecule has 1 atom stereocenters. The van der Waals surface area contributed by atoms with Gasteiger partial charge in [0.25, 0.3) is 11.8 Å². The normalized spacial score (nSPS) is 12.1. The third kappa shape index (κ3) is 7.23. The number of carbonyl (C=O) groups is 2. The zero-order valence-electron chi connectivity index (χ0n) is 14.3. The van der Waals surface area contributed by atoms with Gasteiger partial charge in [-0.3, -0.25) is 9.59 Å². The molecule has 0 saturated carbocycles. The first-order chi connectivity index (χ1) is 11.2. The van der Waals surface area contributed by atoms with Crippen LogP contribution in [0.15, 0.2) is 24.3 Å². The topological polar surface area (TPSA) is 93.4 Å². The Morgan fingerprint density at radius 1 is 1.24 bits per heavy atom. The number of carbonyl (C=O) groups excluding carboxylic acids is 2. The second-order valence-corrected chi connectivity index (χ2v) is 5.70. The molecule has 1 rings (SSSR count). The van der Waals surface area contributed by atoms with Crippen LogP contribution in [0.4, 0.5) is 8.78 Å². The van der Waals surface area contributed by atoms with Crippen LogP contribution < -0.4 is 21.1 Å². The fraction of sp³-hybridized carbons (Fsp3) is 0.500. The lowest BCUT2D eigenvalue weighted by molar-refractivity contribution is -0.125. The van der Waals surface area contributed by atoms with E-state index in [0.29, 0.717) is 11.3 Å². The van der Waals surface area contributed by atoms with Crippen molar-refractivity contribution in [2.45, 2.75) is 25.8 Å². The van der Waals surface area contributed by atoms with Crippen molar-refractivity contribution < 1.29 is 23.1 Å². The summed E-state index contributed by atoms with van der Waals surface area (Å²) in [5, 5.41) is 4.68. The number of halogens is 3. The van der Waals surface area contributed by atoms with E-state index in [9.17, 15) is 18.4 Å². The second kappa shape index (κ2) is 10.1. The Kier molecular flexibility index (Phi) is 9.37. The van der Waals surface area contributed by atoms with Gasteiger partial charge >= 0.3 is 0 Å². The van der Waals surface area contributed by atoms with E-state index in [4.69, 9.17) is 10.5 Å². The van der Waals surface area contributed by atoms with Gasteiger partial charge in [0, 0.05) is 5.56 Å². The third-order valence-corrected chi connectivity index (χ3v) is 3.41. The highest BCUT2D eigenvalue weighted by atomic mass is 35.5. The number of benzene rings is 1. The molecule has 25 heavy (non-hydrogen) atoms. The minimum atomic E-state index is -3.18. The lowest BCUT2D eigenvalue weighted by Gasteiger charge is -2.23. The maximum Gasteiger partial charge on any atom is 0.277 e. The monoisotopic (exact) mass is 379 g/mol. The summed E-state index contributed by atoms with van der Waals surface area (Å²) in [6.45, 7) is 1.68. The molecule has 2 amide bonds. The second-order valence-electron chi connectivity index (χ2n) is 5.70. The molecule has 0 spiro atoms. The van der Waals surface area contributed by atoms with E-state index < -0.39 is 36.9 Å². The quantitative estimate of drug-likeness (QED) is 0.639. The minimum Gasteiger partial charge on any atom is -0.497 e. The van der Waals surface area contributed by atoms with Gasteiger partial charge in [-0.2, -0.15) is 0 Å². The Hall–Kier alpha value is -1.93. The first-order valence-corrected chi connectivity index (χ1v) is 7.50. The molecule has 9 heteroatoms. The number of amides is 2. The Morgan fingerprint density at radius 3 is 2.24 bits per heavy atom. The van der Waals surface area contributed by atoms with Crippen LogP contribution >= 0.6 is 12.4 Å². The van der Waals surface area contributed by atoms with Crippen molar-refractivity contribution in [2.24, 2.45) is 11.7 Å². The summed E-state index contributed by atoms with van der Waals surface area (Å²) in [4.78, 5) is 24.3. The lowest BCUT2D eigenvalue weighted by Crippen LogP contribution is -2.52. The van der Waals surface area contributed by atoms with Crippen LogP contribution in [0.2, 0.25) is 0 Å². The maximum atomic E-state index is 13.1. The van der Waals surface area contributed by atoms with Gasteiger partial charge in [-0.15, -0.1) is 12.4 Å². The van der Waals surface area contributed by atoms with Crippen LogP contribution in [0, 0.1) is 5.92 Å². The van der Waals surface area contributed by atoms with E-state index in [-0.39, 0.29) is 18.3 Å². The fourth-order valence-corrected chi connectivity index (χ4v) is 1.90. The van der Waals surface area contributed by atoms with E-state index in [2.05, 4.69) is 10.6 Å². The average molecular weight is 380 g/mol. The Balaban J connectivity index is 0.00000576. The van der Waals surface area contributed by atoms with Gasteiger partial charge in [-0.25, -0.2) is 8.78 Å². The number of rotatable bonds is 8. The van der Waals surface area contributed by atoms with Gasteiger partial charge in [0.05, 0.1) is 20.2 Å². The Morgan fingerprint density at radius 2 is 1.80 bits per heavy atom. The smallest absolute Gasteiger partial charge is 0.277 e. The van der Waals surface area contributed by atoms with Crippen LogP contribution in [0.25, 0.3) is 0 Å². The lowest BCUT2D eigenvalue weighted by atomic mass is 10.0. The van der Waals surface area contributed by atoms with Crippen molar-refractivity contribution in [3.8, 4) is 5.75 Å². The summed E-state index contributed by atoms with van der Waals surface area (Å²) < 4.78 is 31.3. The molecule has 1 unspecified atom stereocenters. The first-order valence-electron chi connectivity index (χ1n) is 7.50. The molecule has 0 bridgehead atoms. The Bertz CT molecular complexity index is 568. The van der Waals surface area contributed by atoms with Crippen molar-refractivity contribution in [3.05, 3.63) is 29.8 Å². The van der Waals surface area contributed by atoms with Crippen molar-refractivity contribution in [1.29, 1.82) is 0 Å². The highest BCUT2D eigenvalue weighted by Gasteiger charge is 2.30. The summed E-state index contributed by atoms with van der Waals surface area (Å²) in [6.07, 6.45) is 0. The molecule has 0 aliphatic carbocycles. The molecule has 6 nitrogen and oxygen atoms in total. The first kappa shape index (κ1) is 23.1. The molecule has 4 N–H and O–H groups in total. The van der Waals surface area contributed by atoms with Crippen LogP contribution in [0.5, 0.6) is 5.75 Å². The predicted molar refractivity (Wildman–Crippen MR) is 93.3 cm³/mol. The SMILES string of the molecule is COc1ccc(C(=O)NC(C(=O)NCC(F)(F)CN)C(C)C)cc1.Cl. The van der Waals surface area contributed by atoms with Crippen molar-refractivity contribution in [2.75, 3.05) is 20.2 Å². The van der Waals surface area contributed by atoms with Crippen LogP contribution in [-0.2, 0) is 4.79 Å². The molecule has 1 aromatic carbocycles. The van der Waals surface area contributed by atoms with Crippen molar-refractivity contribution >= 4 is 24.2 Å². The molecule has 0 saturated heterocycles. The molecule has 0 radical (unpaired) electrons. The van der Waals surface area contributed by atoms with Gasteiger partial charge in [-0.05, 0) is 30.2 Å². The van der Waals surface area contributed by atoms with Crippen molar-refractivity contribution in [1.82, 2.24) is 10.6 Å². The summed E-state index contributed by atoms with van der Waals surface area (Å²) in [5.74, 6) is -4.03. The van der Waals surface area contributed by atoms with Gasteiger partial charge in [0.2, 0.25) is 5.91 Å². The number of methoxy groups -OCH3 is 1. The van der Waals surface area contributed by atoms with E-state index in [1.807, 2.05) is 0 Å². The van der Waals surface area contributed by atoms with Gasteiger partial charge < -0.3 is 21.1 Å². The maximum absolute atomic E-state index is 13.1. The third-order valence-electron chi connectivity index (χ3n) is 3.41. The minimum absolute atomic E-state index is 0. The summed E-state index contributed by atoms with van der Waals surface area (Å²) in [6, 6.07) is 5.38. The molecule has 0 aromatic heterocycles. The number of ether oxygens (including phenoxy) is 1. The van der Waals surface area contributed by atoms with E-state index in [0.717, 1.165) is 0 Å². The van der Waals surface area contributed by atoms with Gasteiger partial charge in [-0.1, -0.05) is 13.8 Å². The van der Waals surface area contributed by atoms with Crippen LogP contribution in [0.1, 0.15) is 24.2 Å². The number of alkyl halides is 2. The van der Waals surface area contributed by atoms with Crippen LogP contribution in [-0.4, -0.2) is 44.0 Å². The molecule has 0 aliphatic heterocycles. The standard InChI is InChI=1S/C16H23F2N3O3.ClH/c1-10(2)13(15(23)20-9-16(17,18)8-19)21-14(22)11-4-6-12(24-3)7-5-11;/h4-7,10,13H,8-9,19H2,1-3H3,(H,20,23)(H,21,22);1H. The number of hydrogen-bond acceptors (Lipinski definition) is 4. The number of nitrogens with two attached hydrogens (primary N) is 1. The van der Waals surface area contributed by atoms with Crippen molar-refractivity contribution in [3.63, 3.8) is 0 Å². The van der Waals surface area contributed by atoms with Gasteiger partial charge in [0.1, 0.15) is 11.8 Å². The largest absolute Gasteiger partial charge is 0.497 e. The summed E-state index contributed by atoms with van der Waals surface area (Å²) in [7, 11) is 1.51. The van der Waals surface area contributed by atoms with E-state index in [1.54, 1.807) is 38.1 Å². The predicted octanol–water partition coefficient (Wildman–Crippen LogP) is 1.58. The van der Waals surface area contributed by atoms with Gasteiger partial charge in [0.15, 0.2) is 0 Å². The van der Waals surface area contributed by atoms with E-state index >= 15 is 0 Å². The highest BCUT2D eigenvalue weighted by Crippen LogP contribution is 2.13. The molecule has 0 aliphatic rings. The summed E-state index contributed by atoms with van der Waals surface area (Å²) >= 11 is 0. The summed E-state index contributed by atoms with van der Waals surface area (Å²) in [5.41, 5.74) is 5.26. The molecule has 142 valence electrons. The fourth-order valence-electron chi connectivity index (χ4n) is 1.90. The molecule has 0 heterocycles. The highest BCUT2D eigenvalue weighted by molar-refractivity contribution is 5.97. The Labute approximate surface area is 151 Å². The number of hydrogen-bond donors (Lipinski definition) is 3.